The average molecular weight is 249 g/mol. The van der Waals surface area contributed by atoms with Crippen molar-refractivity contribution >= 4 is 11.3 Å². The Morgan fingerprint density at radius 3 is 2.59 bits per heavy atom. The first-order valence-electron chi connectivity index (χ1n) is 6.28. The maximum absolute atomic E-state index is 4.22. The van der Waals surface area contributed by atoms with Gasteiger partial charge in [-0.1, -0.05) is 26.7 Å². The Bertz CT molecular complexity index is 427. The Kier molecular flexibility index (Phi) is 4.31. The number of nitrogens with zero attached hydrogens (tertiary/aromatic N) is 2. The van der Waals surface area contributed by atoms with Crippen LogP contribution < -0.4 is 0 Å². The van der Waals surface area contributed by atoms with Gasteiger partial charge in [0.1, 0.15) is 0 Å². The Balaban J connectivity index is 2.28. The predicted molar refractivity (Wildman–Crippen MR) is 72.3 cm³/mol. The van der Waals surface area contributed by atoms with Gasteiger partial charge in [0, 0.05) is 11.8 Å². The number of hydrogen-bond acceptors (Lipinski definition) is 3. The minimum absolute atomic E-state index is 0.626. The molecule has 0 atom stereocenters. The van der Waals surface area contributed by atoms with Crippen molar-refractivity contribution in [1.29, 1.82) is 0 Å². The third kappa shape index (κ3) is 2.75. The molecular weight excluding hydrogens is 230 g/mol. The lowest BCUT2D eigenvalue weighted by atomic mass is 9.90. The van der Waals surface area contributed by atoms with Crippen molar-refractivity contribution in [2.24, 2.45) is 0 Å². The summed E-state index contributed by atoms with van der Waals surface area (Å²) in [7, 11) is 0. The van der Waals surface area contributed by atoms with Gasteiger partial charge < -0.3 is 0 Å². The molecule has 0 unspecified atom stereocenters. The number of H-pyrrole nitrogens is 1. The molecule has 2 heterocycles. The van der Waals surface area contributed by atoms with Crippen LogP contribution in [0.1, 0.15) is 51.0 Å². The molecule has 0 radical (unpaired) electrons. The second kappa shape index (κ2) is 5.96. The summed E-state index contributed by atoms with van der Waals surface area (Å²) in [5, 5.41) is 7.34. The van der Waals surface area contributed by atoms with E-state index in [-0.39, 0.29) is 0 Å². The fourth-order valence-corrected chi connectivity index (χ4v) is 2.93. The lowest BCUT2D eigenvalue weighted by molar-refractivity contribution is 0.562. The van der Waals surface area contributed by atoms with Crippen molar-refractivity contribution in [2.75, 3.05) is 0 Å². The molecule has 2 rings (SSSR count). The normalized spacial score (nSPS) is 11.2. The Labute approximate surface area is 106 Å². The van der Waals surface area contributed by atoms with E-state index >= 15 is 0 Å². The Hall–Kier alpha value is -1.16. The molecule has 92 valence electrons. The van der Waals surface area contributed by atoms with Crippen LogP contribution in [0.4, 0.5) is 0 Å². The summed E-state index contributed by atoms with van der Waals surface area (Å²) in [4.78, 5) is 5.33. The molecule has 0 amide bonds. The SMILES string of the molecule is CCCC(CCC)c1cn[nH]c1-c1cncs1. The zero-order valence-corrected chi connectivity index (χ0v) is 11.3. The second-order valence-electron chi connectivity index (χ2n) is 4.34. The third-order valence-electron chi connectivity index (χ3n) is 3.06. The second-order valence-corrected chi connectivity index (χ2v) is 5.23. The summed E-state index contributed by atoms with van der Waals surface area (Å²) in [6.45, 7) is 4.49. The smallest absolute Gasteiger partial charge is 0.0800 e. The topological polar surface area (TPSA) is 41.6 Å². The van der Waals surface area contributed by atoms with E-state index < -0.39 is 0 Å². The summed E-state index contributed by atoms with van der Waals surface area (Å²) in [5.74, 6) is 0.626. The van der Waals surface area contributed by atoms with E-state index in [1.807, 2.05) is 17.9 Å². The molecule has 0 fully saturated rings. The van der Waals surface area contributed by atoms with Crippen LogP contribution in [0, 0.1) is 0 Å². The molecular formula is C13H19N3S. The van der Waals surface area contributed by atoms with E-state index in [0.29, 0.717) is 5.92 Å². The maximum atomic E-state index is 4.22. The van der Waals surface area contributed by atoms with E-state index in [1.54, 1.807) is 11.3 Å². The standard InChI is InChI=1S/C13H19N3S/c1-3-5-10(6-4-2)11-7-15-16-13(11)12-8-14-9-17-12/h7-10H,3-6H2,1-2H3,(H,15,16). The molecule has 3 nitrogen and oxygen atoms in total. The molecule has 2 aromatic rings. The van der Waals surface area contributed by atoms with Crippen molar-refractivity contribution in [3.63, 3.8) is 0 Å². The molecule has 1 N–H and O–H groups in total. The Morgan fingerprint density at radius 1 is 1.24 bits per heavy atom. The van der Waals surface area contributed by atoms with Gasteiger partial charge in [-0.3, -0.25) is 10.1 Å². The predicted octanol–water partition coefficient (Wildman–Crippen LogP) is 4.22. The van der Waals surface area contributed by atoms with Crippen LogP contribution >= 0.6 is 11.3 Å². The third-order valence-corrected chi connectivity index (χ3v) is 3.85. The van der Waals surface area contributed by atoms with Gasteiger partial charge >= 0.3 is 0 Å². The van der Waals surface area contributed by atoms with Crippen LogP contribution in [0.15, 0.2) is 17.9 Å². The van der Waals surface area contributed by atoms with E-state index in [4.69, 9.17) is 0 Å². The average Bonchev–Trinajstić information content (AvgIpc) is 2.99. The molecule has 17 heavy (non-hydrogen) atoms. The first-order valence-corrected chi connectivity index (χ1v) is 7.16. The Morgan fingerprint density at radius 2 is 2.00 bits per heavy atom. The van der Waals surface area contributed by atoms with Crippen molar-refractivity contribution in [3.8, 4) is 10.6 Å². The molecule has 0 aliphatic heterocycles. The van der Waals surface area contributed by atoms with Gasteiger partial charge in [0.05, 0.1) is 22.3 Å². The minimum Gasteiger partial charge on any atom is -0.277 e. The van der Waals surface area contributed by atoms with Crippen LogP contribution in [-0.2, 0) is 0 Å². The van der Waals surface area contributed by atoms with E-state index in [0.717, 1.165) is 0 Å². The van der Waals surface area contributed by atoms with Gasteiger partial charge in [-0.2, -0.15) is 5.10 Å². The minimum atomic E-state index is 0.626. The van der Waals surface area contributed by atoms with Crippen LogP contribution in [0.3, 0.4) is 0 Å². The number of nitrogens with one attached hydrogen (secondary N) is 1. The van der Waals surface area contributed by atoms with Crippen molar-refractivity contribution < 1.29 is 0 Å². The first-order chi connectivity index (χ1) is 8.36. The van der Waals surface area contributed by atoms with E-state index in [2.05, 4.69) is 29.0 Å². The fourth-order valence-electron chi connectivity index (χ4n) is 2.29. The van der Waals surface area contributed by atoms with Crippen molar-refractivity contribution in [2.45, 2.75) is 45.4 Å². The highest BCUT2D eigenvalue weighted by Crippen LogP contribution is 2.34. The molecule has 2 aromatic heterocycles. The fraction of sp³-hybridized carbons (Fsp3) is 0.538. The molecule has 0 spiro atoms. The van der Waals surface area contributed by atoms with Gasteiger partial charge in [-0.25, -0.2) is 0 Å². The molecule has 0 aromatic carbocycles. The number of hydrogen-bond donors (Lipinski definition) is 1. The number of aromatic nitrogens is 3. The van der Waals surface area contributed by atoms with E-state index in [1.165, 1.54) is 41.8 Å². The lowest BCUT2D eigenvalue weighted by Gasteiger charge is -2.14. The zero-order chi connectivity index (χ0) is 12.1. The van der Waals surface area contributed by atoms with E-state index in [9.17, 15) is 0 Å². The summed E-state index contributed by atoms with van der Waals surface area (Å²) in [6, 6.07) is 0. The van der Waals surface area contributed by atoms with Gasteiger partial charge in [0.15, 0.2) is 0 Å². The molecule has 0 aliphatic carbocycles. The number of aromatic amines is 1. The van der Waals surface area contributed by atoms with Crippen LogP contribution in [-0.4, -0.2) is 15.2 Å². The van der Waals surface area contributed by atoms with Crippen molar-refractivity contribution in [3.05, 3.63) is 23.5 Å². The van der Waals surface area contributed by atoms with Gasteiger partial charge in [-0.15, -0.1) is 11.3 Å². The van der Waals surface area contributed by atoms with Gasteiger partial charge in [-0.05, 0) is 18.8 Å². The highest BCUT2D eigenvalue weighted by Gasteiger charge is 2.17. The number of rotatable bonds is 6. The van der Waals surface area contributed by atoms with Gasteiger partial charge in [0.2, 0.25) is 0 Å². The van der Waals surface area contributed by atoms with Gasteiger partial charge in [0.25, 0.3) is 0 Å². The highest BCUT2D eigenvalue weighted by molar-refractivity contribution is 7.13. The quantitative estimate of drug-likeness (QED) is 0.833. The largest absolute Gasteiger partial charge is 0.277 e. The van der Waals surface area contributed by atoms with Crippen LogP contribution in [0.25, 0.3) is 10.6 Å². The lowest BCUT2D eigenvalue weighted by Crippen LogP contribution is -1.98. The van der Waals surface area contributed by atoms with Crippen molar-refractivity contribution in [1.82, 2.24) is 15.2 Å². The molecule has 0 saturated heterocycles. The highest BCUT2D eigenvalue weighted by atomic mass is 32.1. The monoisotopic (exact) mass is 249 g/mol. The first kappa shape index (κ1) is 12.3. The summed E-state index contributed by atoms with van der Waals surface area (Å²) in [5.41, 5.74) is 4.39. The zero-order valence-electron chi connectivity index (χ0n) is 10.4. The van der Waals surface area contributed by atoms with Crippen LogP contribution in [0.5, 0.6) is 0 Å². The molecule has 0 bridgehead atoms. The maximum Gasteiger partial charge on any atom is 0.0800 e. The summed E-state index contributed by atoms with van der Waals surface area (Å²) in [6.07, 6.45) is 8.82. The molecule has 0 saturated carbocycles. The summed E-state index contributed by atoms with van der Waals surface area (Å²) < 4.78 is 0. The molecule has 0 aliphatic rings. The molecule has 4 heteroatoms. The number of thiazole rings is 1. The summed E-state index contributed by atoms with van der Waals surface area (Å²) >= 11 is 1.67. The van der Waals surface area contributed by atoms with Crippen LogP contribution in [0.2, 0.25) is 0 Å².